The minimum atomic E-state index is -3.63. The SMILES string of the molecule is CN(Cc1ccco1)C(=S)Nc1ccc2c(c1)OC(F)(F)O2. The van der Waals surface area contributed by atoms with Gasteiger partial charge in [0.15, 0.2) is 16.6 Å². The van der Waals surface area contributed by atoms with Gasteiger partial charge in [0, 0.05) is 18.8 Å². The van der Waals surface area contributed by atoms with Crippen LogP contribution < -0.4 is 14.8 Å². The maximum absolute atomic E-state index is 13.0. The molecule has 0 unspecified atom stereocenters. The van der Waals surface area contributed by atoms with Crippen LogP contribution in [0.5, 0.6) is 11.5 Å². The third-order valence-electron chi connectivity index (χ3n) is 2.97. The molecule has 116 valence electrons. The average molecular weight is 326 g/mol. The number of alkyl halides is 2. The smallest absolute Gasteiger partial charge is 0.467 e. The Labute approximate surface area is 130 Å². The number of ether oxygens (including phenoxy) is 2. The molecular formula is C14H12F2N2O3S. The molecule has 22 heavy (non-hydrogen) atoms. The fourth-order valence-electron chi connectivity index (χ4n) is 1.95. The first kappa shape index (κ1) is 14.6. The Morgan fingerprint density at radius 3 is 2.77 bits per heavy atom. The number of furan rings is 1. The van der Waals surface area contributed by atoms with Crippen LogP contribution in [0.15, 0.2) is 41.0 Å². The van der Waals surface area contributed by atoms with Gasteiger partial charge in [-0.15, -0.1) is 8.78 Å². The van der Waals surface area contributed by atoms with Crippen molar-refractivity contribution >= 4 is 23.0 Å². The molecule has 3 rings (SSSR count). The Hall–Kier alpha value is -2.35. The maximum Gasteiger partial charge on any atom is 0.586 e. The quantitative estimate of drug-likeness (QED) is 0.872. The fraction of sp³-hybridized carbons (Fsp3) is 0.214. The summed E-state index contributed by atoms with van der Waals surface area (Å²) in [4.78, 5) is 1.76. The highest BCUT2D eigenvalue weighted by atomic mass is 32.1. The van der Waals surface area contributed by atoms with Gasteiger partial charge in [-0.2, -0.15) is 0 Å². The highest BCUT2D eigenvalue weighted by Crippen LogP contribution is 2.42. The van der Waals surface area contributed by atoms with E-state index in [0.717, 1.165) is 5.76 Å². The molecule has 0 radical (unpaired) electrons. The number of hydrogen-bond donors (Lipinski definition) is 1. The number of anilines is 1. The van der Waals surface area contributed by atoms with Crippen LogP contribution >= 0.6 is 12.2 Å². The van der Waals surface area contributed by atoms with E-state index < -0.39 is 6.29 Å². The van der Waals surface area contributed by atoms with Crippen molar-refractivity contribution in [2.75, 3.05) is 12.4 Å². The molecule has 1 aromatic carbocycles. The molecule has 0 atom stereocenters. The van der Waals surface area contributed by atoms with Crippen molar-refractivity contribution in [3.05, 3.63) is 42.4 Å². The van der Waals surface area contributed by atoms with Crippen LogP contribution in [-0.4, -0.2) is 23.4 Å². The van der Waals surface area contributed by atoms with Gasteiger partial charge in [0.2, 0.25) is 0 Å². The van der Waals surface area contributed by atoms with Crippen LogP contribution in [0.1, 0.15) is 5.76 Å². The number of thiocarbonyl (C=S) groups is 1. The number of benzene rings is 1. The summed E-state index contributed by atoms with van der Waals surface area (Å²) in [7, 11) is 1.79. The van der Waals surface area contributed by atoms with E-state index in [-0.39, 0.29) is 11.5 Å². The summed E-state index contributed by atoms with van der Waals surface area (Å²) >= 11 is 5.26. The van der Waals surface area contributed by atoms with Gasteiger partial charge in [0.25, 0.3) is 0 Å². The second kappa shape index (κ2) is 5.45. The number of nitrogens with zero attached hydrogens (tertiary/aromatic N) is 1. The Morgan fingerprint density at radius 1 is 1.27 bits per heavy atom. The Balaban J connectivity index is 1.65. The largest absolute Gasteiger partial charge is 0.586 e. The first-order chi connectivity index (χ1) is 10.4. The summed E-state index contributed by atoms with van der Waals surface area (Å²) in [5.74, 6) is 0.717. The van der Waals surface area contributed by atoms with Crippen LogP contribution in [0.4, 0.5) is 14.5 Å². The second-order valence-electron chi connectivity index (χ2n) is 4.69. The van der Waals surface area contributed by atoms with Crippen LogP contribution in [0, 0.1) is 0 Å². The molecule has 0 saturated carbocycles. The molecule has 0 aliphatic carbocycles. The molecule has 0 saturated heterocycles. The lowest BCUT2D eigenvalue weighted by molar-refractivity contribution is -0.286. The van der Waals surface area contributed by atoms with E-state index in [4.69, 9.17) is 16.6 Å². The number of nitrogens with one attached hydrogen (secondary N) is 1. The first-order valence-corrected chi connectivity index (χ1v) is 6.78. The zero-order valence-electron chi connectivity index (χ0n) is 11.5. The Morgan fingerprint density at radius 2 is 2.05 bits per heavy atom. The van der Waals surface area contributed by atoms with Gasteiger partial charge in [0.1, 0.15) is 5.76 Å². The molecular weight excluding hydrogens is 314 g/mol. The summed E-state index contributed by atoms with van der Waals surface area (Å²) < 4.78 is 39.9. The average Bonchev–Trinajstić information content (AvgIpc) is 3.03. The van der Waals surface area contributed by atoms with Crippen LogP contribution in [0.25, 0.3) is 0 Å². The Bertz CT molecular complexity index is 691. The lowest BCUT2D eigenvalue weighted by atomic mass is 10.3. The van der Waals surface area contributed by atoms with E-state index in [2.05, 4.69) is 14.8 Å². The van der Waals surface area contributed by atoms with Crippen molar-refractivity contribution in [3.63, 3.8) is 0 Å². The molecule has 1 aromatic heterocycles. The van der Waals surface area contributed by atoms with E-state index in [0.29, 0.717) is 17.3 Å². The molecule has 0 spiro atoms. The topological polar surface area (TPSA) is 46.9 Å². The minimum absolute atomic E-state index is 0.00888. The maximum atomic E-state index is 13.0. The molecule has 2 heterocycles. The molecule has 1 aliphatic heterocycles. The van der Waals surface area contributed by atoms with Gasteiger partial charge in [-0.3, -0.25) is 0 Å². The van der Waals surface area contributed by atoms with Gasteiger partial charge >= 0.3 is 6.29 Å². The molecule has 0 fully saturated rings. The number of rotatable bonds is 3. The number of halogens is 2. The third-order valence-corrected chi connectivity index (χ3v) is 3.39. The zero-order chi connectivity index (χ0) is 15.7. The molecule has 2 aromatic rings. The van der Waals surface area contributed by atoms with Gasteiger partial charge in [-0.05, 0) is 36.5 Å². The van der Waals surface area contributed by atoms with Crippen LogP contribution in [0.2, 0.25) is 0 Å². The predicted octanol–water partition coefficient (Wildman–Crippen LogP) is 3.43. The molecule has 0 bridgehead atoms. The van der Waals surface area contributed by atoms with E-state index in [1.165, 1.54) is 12.1 Å². The highest BCUT2D eigenvalue weighted by molar-refractivity contribution is 7.80. The van der Waals surface area contributed by atoms with E-state index in [1.54, 1.807) is 30.3 Å². The molecule has 0 amide bonds. The van der Waals surface area contributed by atoms with Crippen molar-refractivity contribution in [1.29, 1.82) is 0 Å². The number of fused-ring (bicyclic) bond motifs is 1. The van der Waals surface area contributed by atoms with Gasteiger partial charge < -0.3 is 24.1 Å². The standard InChI is InChI=1S/C14H12F2N2O3S/c1-18(8-10-3-2-6-19-10)13(22)17-9-4-5-11-12(7-9)21-14(15,16)20-11/h2-7H,8H2,1H3,(H,17,22). The van der Waals surface area contributed by atoms with Crippen LogP contribution in [0.3, 0.4) is 0 Å². The van der Waals surface area contributed by atoms with Gasteiger partial charge in [-0.1, -0.05) is 0 Å². The summed E-state index contributed by atoms with van der Waals surface area (Å²) in [6.45, 7) is 0.488. The van der Waals surface area contributed by atoms with Crippen molar-refractivity contribution in [1.82, 2.24) is 4.90 Å². The lowest BCUT2D eigenvalue weighted by Crippen LogP contribution is -2.30. The second-order valence-corrected chi connectivity index (χ2v) is 5.08. The summed E-state index contributed by atoms with van der Waals surface area (Å²) in [6.07, 6.45) is -2.05. The van der Waals surface area contributed by atoms with Crippen molar-refractivity contribution in [3.8, 4) is 11.5 Å². The van der Waals surface area contributed by atoms with Crippen LogP contribution in [-0.2, 0) is 6.54 Å². The molecule has 1 N–H and O–H groups in total. The van der Waals surface area contributed by atoms with Crippen molar-refractivity contribution in [2.24, 2.45) is 0 Å². The highest BCUT2D eigenvalue weighted by Gasteiger charge is 2.43. The van der Waals surface area contributed by atoms with E-state index in [1.807, 2.05) is 6.07 Å². The predicted molar refractivity (Wildman–Crippen MR) is 79.0 cm³/mol. The normalized spacial score (nSPS) is 14.7. The monoisotopic (exact) mass is 326 g/mol. The van der Waals surface area contributed by atoms with Gasteiger partial charge in [-0.25, -0.2) is 0 Å². The summed E-state index contributed by atoms with van der Waals surface area (Å²) in [6, 6.07) is 8.01. The zero-order valence-corrected chi connectivity index (χ0v) is 12.3. The molecule has 1 aliphatic rings. The van der Waals surface area contributed by atoms with Crippen molar-refractivity contribution < 1.29 is 22.7 Å². The number of hydrogen-bond acceptors (Lipinski definition) is 4. The molecule has 8 heteroatoms. The summed E-state index contributed by atoms with van der Waals surface area (Å²) in [5, 5.41) is 3.36. The van der Waals surface area contributed by atoms with E-state index in [9.17, 15) is 8.78 Å². The fourth-order valence-corrected chi connectivity index (χ4v) is 2.14. The lowest BCUT2D eigenvalue weighted by Gasteiger charge is -2.20. The summed E-state index contributed by atoms with van der Waals surface area (Å²) in [5.41, 5.74) is 0.524. The molecule has 5 nitrogen and oxygen atoms in total. The van der Waals surface area contributed by atoms with Crippen molar-refractivity contribution in [2.45, 2.75) is 12.8 Å². The Kier molecular flexibility index (Phi) is 3.61. The van der Waals surface area contributed by atoms with E-state index >= 15 is 0 Å². The third kappa shape index (κ3) is 3.11. The first-order valence-electron chi connectivity index (χ1n) is 6.37. The van der Waals surface area contributed by atoms with Gasteiger partial charge in [0.05, 0.1) is 12.8 Å². The minimum Gasteiger partial charge on any atom is -0.467 e.